The molecule has 8 heteroatoms. The van der Waals surface area contributed by atoms with Crippen LogP contribution in [0.15, 0.2) is 27.6 Å². The van der Waals surface area contributed by atoms with Crippen LogP contribution in [0.5, 0.6) is 0 Å². The van der Waals surface area contributed by atoms with Crippen LogP contribution in [-0.2, 0) is 17.8 Å². The molecule has 30 heavy (non-hydrogen) atoms. The second-order valence-corrected chi connectivity index (χ2v) is 8.06. The summed E-state index contributed by atoms with van der Waals surface area (Å²) in [4.78, 5) is 27.8. The molecule has 4 rings (SSSR count). The number of amides is 1. The lowest BCUT2D eigenvalue weighted by atomic mass is 10.00. The maximum atomic E-state index is 12.9. The van der Waals surface area contributed by atoms with Crippen molar-refractivity contribution in [1.82, 2.24) is 24.4 Å². The lowest BCUT2D eigenvalue weighted by Gasteiger charge is -2.35. The highest BCUT2D eigenvalue weighted by Gasteiger charge is 2.20. The van der Waals surface area contributed by atoms with E-state index in [-0.39, 0.29) is 18.0 Å². The first-order valence-corrected chi connectivity index (χ1v) is 11.1. The van der Waals surface area contributed by atoms with E-state index in [9.17, 15) is 9.59 Å². The highest BCUT2D eigenvalue weighted by Crippen LogP contribution is 2.21. The molecular formula is C22H31N5O3. The maximum absolute atomic E-state index is 12.9. The van der Waals surface area contributed by atoms with Gasteiger partial charge in [0.05, 0.1) is 11.8 Å². The van der Waals surface area contributed by atoms with Gasteiger partial charge in [0.2, 0.25) is 5.91 Å². The molecule has 1 N–H and O–H groups in total. The molecule has 1 saturated heterocycles. The topological polar surface area (TPSA) is 84.8 Å². The summed E-state index contributed by atoms with van der Waals surface area (Å²) in [6.45, 7) is 6.93. The predicted molar refractivity (Wildman–Crippen MR) is 116 cm³/mol. The maximum Gasteiger partial charge on any atom is 0.291 e. The van der Waals surface area contributed by atoms with Crippen LogP contribution >= 0.6 is 0 Å². The summed E-state index contributed by atoms with van der Waals surface area (Å²) in [6.07, 6.45) is 8.22. The van der Waals surface area contributed by atoms with Gasteiger partial charge in [0.25, 0.3) is 5.56 Å². The van der Waals surface area contributed by atoms with Crippen LogP contribution in [0.3, 0.4) is 0 Å². The molecule has 162 valence electrons. The number of aryl methyl sites for hydroxylation is 1. The minimum atomic E-state index is -0.284. The summed E-state index contributed by atoms with van der Waals surface area (Å²) >= 11 is 0. The zero-order chi connectivity index (χ0) is 21.1. The number of aromatic nitrogens is 3. The van der Waals surface area contributed by atoms with Gasteiger partial charge in [-0.2, -0.15) is 5.10 Å². The third-order valence-corrected chi connectivity index (χ3v) is 6.14. The molecule has 1 aliphatic heterocycles. The van der Waals surface area contributed by atoms with Gasteiger partial charge in [-0.25, -0.2) is 4.68 Å². The number of carbonyl (C=O) groups is 1. The molecule has 1 aliphatic rings. The van der Waals surface area contributed by atoms with Crippen molar-refractivity contribution in [3.63, 3.8) is 0 Å². The van der Waals surface area contributed by atoms with E-state index in [1.54, 1.807) is 12.3 Å². The molecule has 0 aliphatic carbocycles. The Hall–Kier alpha value is -2.61. The second kappa shape index (κ2) is 9.04. The Morgan fingerprint density at radius 2 is 2.17 bits per heavy atom. The quantitative estimate of drug-likeness (QED) is 0.574. The monoisotopic (exact) mass is 413 g/mol. The van der Waals surface area contributed by atoms with Gasteiger partial charge in [0, 0.05) is 37.7 Å². The summed E-state index contributed by atoms with van der Waals surface area (Å²) < 4.78 is 8.51. The fourth-order valence-electron chi connectivity index (χ4n) is 4.58. The third kappa shape index (κ3) is 4.01. The van der Waals surface area contributed by atoms with Crippen LogP contribution in [0.1, 0.15) is 51.8 Å². The van der Waals surface area contributed by atoms with Gasteiger partial charge in [0.15, 0.2) is 5.58 Å². The highest BCUT2D eigenvalue weighted by atomic mass is 16.3. The Morgan fingerprint density at radius 3 is 2.97 bits per heavy atom. The van der Waals surface area contributed by atoms with Gasteiger partial charge in [-0.15, -0.1) is 0 Å². The van der Waals surface area contributed by atoms with E-state index < -0.39 is 0 Å². The zero-order valence-electron chi connectivity index (χ0n) is 17.9. The summed E-state index contributed by atoms with van der Waals surface area (Å²) in [5, 5.41) is 7.39. The van der Waals surface area contributed by atoms with E-state index in [1.165, 1.54) is 30.4 Å². The number of hydrogen-bond donors (Lipinski definition) is 1. The normalized spacial score (nSPS) is 17.7. The van der Waals surface area contributed by atoms with Crippen molar-refractivity contribution in [2.75, 3.05) is 19.6 Å². The van der Waals surface area contributed by atoms with Crippen molar-refractivity contribution in [1.29, 1.82) is 0 Å². The first-order valence-electron chi connectivity index (χ1n) is 11.1. The van der Waals surface area contributed by atoms with Crippen molar-refractivity contribution < 1.29 is 9.21 Å². The molecule has 1 unspecified atom stereocenters. The Balaban J connectivity index is 1.38. The number of hydrogen-bond acceptors (Lipinski definition) is 5. The van der Waals surface area contributed by atoms with Crippen molar-refractivity contribution >= 4 is 22.5 Å². The first kappa shape index (κ1) is 20.7. The molecule has 1 fully saturated rings. The van der Waals surface area contributed by atoms with E-state index in [4.69, 9.17) is 4.42 Å². The number of rotatable bonds is 8. The molecular weight excluding hydrogens is 382 g/mol. The van der Waals surface area contributed by atoms with Gasteiger partial charge in [0.1, 0.15) is 17.9 Å². The van der Waals surface area contributed by atoms with Crippen LogP contribution in [0.2, 0.25) is 0 Å². The second-order valence-electron chi connectivity index (χ2n) is 8.06. The molecule has 0 spiro atoms. The predicted octanol–water partition coefficient (Wildman–Crippen LogP) is 2.58. The standard InChI is InChI=1S/C22H31N5O3/c1-3-16-8-5-6-11-25(16)12-7-10-23-21(28)15-26-22(29)18-14-19-17(9-13-30-19)27(18)20(4-2)24-26/h9,13-14,16H,3-8,10-12,15H2,1-2H3,(H,23,28). The van der Waals surface area contributed by atoms with Gasteiger partial charge in [-0.1, -0.05) is 20.3 Å². The van der Waals surface area contributed by atoms with Crippen molar-refractivity contribution in [3.8, 4) is 0 Å². The van der Waals surface area contributed by atoms with Crippen LogP contribution in [0.4, 0.5) is 0 Å². The summed E-state index contributed by atoms with van der Waals surface area (Å²) in [5.41, 5.74) is 1.67. The fraction of sp³-hybridized carbons (Fsp3) is 0.591. The minimum absolute atomic E-state index is 0.0732. The Bertz CT molecular complexity index is 1080. The number of fused-ring (bicyclic) bond motifs is 3. The third-order valence-electron chi connectivity index (χ3n) is 6.14. The lowest BCUT2D eigenvalue weighted by Crippen LogP contribution is -2.41. The Kier molecular flexibility index (Phi) is 6.22. The molecule has 0 radical (unpaired) electrons. The van der Waals surface area contributed by atoms with E-state index in [2.05, 4.69) is 22.2 Å². The van der Waals surface area contributed by atoms with Crippen LogP contribution in [0, 0.1) is 0 Å². The fourth-order valence-corrected chi connectivity index (χ4v) is 4.58. The van der Waals surface area contributed by atoms with Crippen LogP contribution in [-0.4, -0.2) is 50.7 Å². The SMILES string of the molecule is CCc1nn(CC(=O)NCCCN2CCCCC2CC)c(=O)c2cc3occc3n12. The summed E-state index contributed by atoms with van der Waals surface area (Å²) in [5.74, 6) is 0.543. The van der Waals surface area contributed by atoms with Crippen molar-refractivity contribution in [2.45, 2.75) is 65.0 Å². The molecule has 4 heterocycles. The average molecular weight is 414 g/mol. The number of piperidine rings is 1. The van der Waals surface area contributed by atoms with E-state index in [0.29, 0.717) is 30.1 Å². The van der Waals surface area contributed by atoms with Gasteiger partial charge in [-0.05, 0) is 32.2 Å². The molecule has 0 saturated carbocycles. The average Bonchev–Trinajstić information content (AvgIpc) is 3.35. The van der Waals surface area contributed by atoms with Gasteiger partial charge >= 0.3 is 0 Å². The zero-order valence-corrected chi connectivity index (χ0v) is 17.9. The smallest absolute Gasteiger partial charge is 0.291 e. The van der Waals surface area contributed by atoms with Crippen molar-refractivity contribution in [2.24, 2.45) is 0 Å². The summed E-state index contributed by atoms with van der Waals surface area (Å²) in [6, 6.07) is 4.22. The molecule has 3 aromatic heterocycles. The van der Waals surface area contributed by atoms with Crippen LogP contribution in [0.25, 0.3) is 16.6 Å². The molecule has 1 atom stereocenters. The molecule has 8 nitrogen and oxygen atoms in total. The van der Waals surface area contributed by atoms with Gasteiger partial charge < -0.3 is 14.6 Å². The molecule has 3 aromatic rings. The minimum Gasteiger partial charge on any atom is -0.463 e. The highest BCUT2D eigenvalue weighted by molar-refractivity contribution is 5.82. The number of carbonyl (C=O) groups excluding carboxylic acids is 1. The number of nitrogens with zero attached hydrogens (tertiary/aromatic N) is 4. The van der Waals surface area contributed by atoms with Crippen molar-refractivity contribution in [3.05, 3.63) is 34.6 Å². The van der Waals surface area contributed by atoms with E-state index >= 15 is 0 Å². The first-order chi connectivity index (χ1) is 14.6. The molecule has 0 bridgehead atoms. The summed E-state index contributed by atoms with van der Waals surface area (Å²) in [7, 11) is 0. The number of likely N-dealkylation sites (tertiary alicyclic amines) is 1. The molecule has 0 aromatic carbocycles. The van der Waals surface area contributed by atoms with Crippen LogP contribution < -0.4 is 10.9 Å². The Morgan fingerprint density at radius 1 is 1.30 bits per heavy atom. The lowest BCUT2D eigenvalue weighted by molar-refractivity contribution is -0.121. The number of nitrogens with one attached hydrogen (secondary N) is 1. The van der Waals surface area contributed by atoms with E-state index in [1.807, 2.05) is 17.4 Å². The largest absolute Gasteiger partial charge is 0.463 e. The van der Waals surface area contributed by atoms with Gasteiger partial charge in [-0.3, -0.25) is 14.0 Å². The van der Waals surface area contributed by atoms with E-state index in [0.717, 1.165) is 30.9 Å². The number of furan rings is 1. The molecule has 1 amide bonds. The Labute approximate surface area is 175 Å².